The van der Waals surface area contributed by atoms with E-state index in [1.165, 1.54) is 0 Å². The summed E-state index contributed by atoms with van der Waals surface area (Å²) in [6, 6.07) is 3.72. The van der Waals surface area contributed by atoms with E-state index in [9.17, 15) is 9.90 Å². The average Bonchev–Trinajstić information content (AvgIpc) is 3.44. The third-order valence-corrected chi connectivity index (χ3v) is 6.31. The monoisotopic (exact) mass is 483 g/mol. The number of nitrogens with zero attached hydrogens (tertiary/aromatic N) is 6. The number of anilines is 1. The van der Waals surface area contributed by atoms with Crippen molar-refractivity contribution in [2.24, 2.45) is 18.9 Å². The number of nitrogens with one attached hydrogen (secondary N) is 1. The standard InChI is InChI=1S/C24H33N7O4/c1-14(2)8-11-21-27-24(29-35-21)25-13-19-22(28-30-31(19)4)18-9-10-20(15(3)26-18)34-17-7-5-6-16(12-17)23(32)33/h9-10,14,16-17H,5-8,11-13H2,1-4H3,(H,25,29)(H,32,33)/t16-,17-/m0/s1. The molecule has 1 saturated carbocycles. The fourth-order valence-corrected chi connectivity index (χ4v) is 4.24. The minimum atomic E-state index is -0.750. The Bertz CT molecular complexity index is 1160. The van der Waals surface area contributed by atoms with Gasteiger partial charge in [0.15, 0.2) is 0 Å². The van der Waals surface area contributed by atoms with Gasteiger partial charge in [-0.2, -0.15) is 4.98 Å². The van der Waals surface area contributed by atoms with Crippen LogP contribution in [0.1, 0.15) is 63.2 Å². The first kappa shape index (κ1) is 24.6. The van der Waals surface area contributed by atoms with Crippen molar-refractivity contribution >= 4 is 11.9 Å². The van der Waals surface area contributed by atoms with Crippen molar-refractivity contribution in [3.8, 4) is 17.1 Å². The van der Waals surface area contributed by atoms with E-state index in [1.807, 2.05) is 26.1 Å². The van der Waals surface area contributed by atoms with Crippen molar-refractivity contribution in [1.82, 2.24) is 30.1 Å². The minimum absolute atomic E-state index is 0.118. The quantitative estimate of drug-likeness (QED) is 0.437. The molecular formula is C24H33N7O4. The lowest BCUT2D eigenvalue weighted by Gasteiger charge is -2.27. The van der Waals surface area contributed by atoms with Crippen LogP contribution in [0.4, 0.5) is 5.95 Å². The highest BCUT2D eigenvalue weighted by atomic mass is 16.5. The van der Waals surface area contributed by atoms with E-state index in [-0.39, 0.29) is 12.0 Å². The second kappa shape index (κ2) is 10.8. The van der Waals surface area contributed by atoms with Gasteiger partial charge in [-0.05, 0) is 62.2 Å². The van der Waals surface area contributed by atoms with Crippen LogP contribution in [0.3, 0.4) is 0 Å². The second-order valence-electron chi connectivity index (χ2n) is 9.53. The zero-order valence-corrected chi connectivity index (χ0v) is 20.7. The Kier molecular flexibility index (Phi) is 7.62. The maximum atomic E-state index is 11.4. The van der Waals surface area contributed by atoms with Crippen molar-refractivity contribution < 1.29 is 19.2 Å². The molecule has 11 nitrogen and oxygen atoms in total. The molecule has 35 heavy (non-hydrogen) atoms. The maximum Gasteiger partial charge on any atom is 0.306 e. The Morgan fingerprint density at radius 3 is 2.89 bits per heavy atom. The van der Waals surface area contributed by atoms with Crippen molar-refractivity contribution in [3.63, 3.8) is 0 Å². The van der Waals surface area contributed by atoms with E-state index >= 15 is 0 Å². The molecule has 3 heterocycles. The van der Waals surface area contributed by atoms with E-state index in [4.69, 9.17) is 14.2 Å². The predicted octanol–water partition coefficient (Wildman–Crippen LogP) is 3.79. The van der Waals surface area contributed by atoms with E-state index < -0.39 is 5.97 Å². The van der Waals surface area contributed by atoms with Crippen LogP contribution in [0.5, 0.6) is 5.75 Å². The van der Waals surface area contributed by atoms with Crippen molar-refractivity contribution in [3.05, 3.63) is 29.4 Å². The summed E-state index contributed by atoms with van der Waals surface area (Å²) in [5, 5.41) is 25.0. The molecule has 0 aliphatic heterocycles. The van der Waals surface area contributed by atoms with Crippen LogP contribution in [0.25, 0.3) is 11.4 Å². The molecular weight excluding hydrogens is 450 g/mol. The predicted molar refractivity (Wildman–Crippen MR) is 128 cm³/mol. The number of pyridine rings is 1. The highest BCUT2D eigenvalue weighted by Crippen LogP contribution is 2.30. The van der Waals surface area contributed by atoms with Gasteiger partial charge in [0, 0.05) is 13.5 Å². The van der Waals surface area contributed by atoms with E-state index in [2.05, 4.69) is 39.6 Å². The third-order valence-electron chi connectivity index (χ3n) is 6.31. The van der Waals surface area contributed by atoms with Crippen LogP contribution in [-0.2, 0) is 24.8 Å². The van der Waals surface area contributed by atoms with Crippen LogP contribution in [0, 0.1) is 18.8 Å². The van der Waals surface area contributed by atoms with Gasteiger partial charge in [0.25, 0.3) is 5.95 Å². The molecule has 0 amide bonds. The maximum absolute atomic E-state index is 11.4. The molecule has 0 aromatic carbocycles. The van der Waals surface area contributed by atoms with Crippen LogP contribution < -0.4 is 10.1 Å². The lowest BCUT2D eigenvalue weighted by Crippen LogP contribution is -2.29. The molecule has 3 aromatic heterocycles. The first-order valence-electron chi connectivity index (χ1n) is 12.1. The summed E-state index contributed by atoms with van der Waals surface area (Å²) in [7, 11) is 1.82. The van der Waals surface area contributed by atoms with Crippen molar-refractivity contribution in [2.75, 3.05) is 5.32 Å². The highest BCUT2D eigenvalue weighted by molar-refractivity contribution is 5.70. The van der Waals surface area contributed by atoms with Gasteiger partial charge in [0.2, 0.25) is 5.89 Å². The molecule has 3 aromatic rings. The first-order valence-corrected chi connectivity index (χ1v) is 12.1. The SMILES string of the molecule is Cc1nc(-c2nnn(C)c2CNc2noc(CCC(C)C)n2)ccc1O[C@H]1CCC[C@H](C(=O)O)C1. The number of carbonyl (C=O) groups is 1. The molecule has 188 valence electrons. The number of aliphatic carboxylic acids is 1. The van der Waals surface area contributed by atoms with Crippen molar-refractivity contribution in [1.29, 1.82) is 0 Å². The number of hydrogen-bond acceptors (Lipinski definition) is 9. The number of ether oxygens (including phenoxy) is 1. The zero-order valence-electron chi connectivity index (χ0n) is 20.7. The van der Waals surface area contributed by atoms with Gasteiger partial charge in [-0.25, -0.2) is 9.67 Å². The molecule has 0 saturated heterocycles. The van der Waals surface area contributed by atoms with Gasteiger partial charge in [0.05, 0.1) is 35.6 Å². The molecule has 1 aliphatic rings. The topological polar surface area (TPSA) is 141 Å². The van der Waals surface area contributed by atoms with Crippen LogP contribution in [0.2, 0.25) is 0 Å². The summed E-state index contributed by atoms with van der Waals surface area (Å²) < 4.78 is 13.1. The highest BCUT2D eigenvalue weighted by Gasteiger charge is 2.28. The fraction of sp³-hybridized carbons (Fsp3) is 0.583. The summed E-state index contributed by atoms with van der Waals surface area (Å²) >= 11 is 0. The number of hydrogen-bond donors (Lipinski definition) is 2. The first-order chi connectivity index (χ1) is 16.8. The van der Waals surface area contributed by atoms with E-state index in [0.29, 0.717) is 54.3 Å². The number of aromatic nitrogens is 6. The van der Waals surface area contributed by atoms with Gasteiger partial charge in [-0.3, -0.25) is 4.79 Å². The molecule has 1 fully saturated rings. The molecule has 0 unspecified atom stereocenters. The summed E-state index contributed by atoms with van der Waals surface area (Å²) in [6.45, 7) is 6.60. The van der Waals surface area contributed by atoms with Gasteiger partial charge in [0.1, 0.15) is 11.4 Å². The Morgan fingerprint density at radius 2 is 2.14 bits per heavy atom. The van der Waals surface area contributed by atoms with E-state index in [1.54, 1.807) is 4.68 Å². The normalized spacial score (nSPS) is 18.1. The van der Waals surface area contributed by atoms with Crippen LogP contribution in [-0.4, -0.2) is 47.3 Å². The molecule has 0 spiro atoms. The Hall–Kier alpha value is -3.50. The lowest BCUT2D eigenvalue weighted by molar-refractivity contribution is -0.143. The molecule has 4 rings (SSSR count). The summed E-state index contributed by atoms with van der Waals surface area (Å²) in [6.07, 6.45) is 4.54. The minimum Gasteiger partial charge on any atom is -0.489 e. The number of carboxylic acids is 1. The van der Waals surface area contributed by atoms with Crippen LogP contribution in [0.15, 0.2) is 16.7 Å². The lowest BCUT2D eigenvalue weighted by atomic mass is 9.87. The summed E-state index contributed by atoms with van der Waals surface area (Å²) in [4.78, 5) is 20.5. The van der Waals surface area contributed by atoms with Crippen LogP contribution >= 0.6 is 0 Å². The molecule has 2 N–H and O–H groups in total. The number of aryl methyl sites for hydroxylation is 3. The molecule has 1 aliphatic carbocycles. The molecule has 0 bridgehead atoms. The second-order valence-corrected chi connectivity index (χ2v) is 9.53. The fourth-order valence-electron chi connectivity index (χ4n) is 4.24. The van der Waals surface area contributed by atoms with Gasteiger partial charge in [-0.15, -0.1) is 5.10 Å². The molecule has 11 heteroatoms. The number of carboxylic acid groups (broad SMARTS) is 1. The Morgan fingerprint density at radius 1 is 1.31 bits per heavy atom. The number of rotatable bonds is 10. The van der Waals surface area contributed by atoms with E-state index in [0.717, 1.165) is 37.1 Å². The van der Waals surface area contributed by atoms with Gasteiger partial charge < -0.3 is 19.7 Å². The summed E-state index contributed by atoms with van der Waals surface area (Å²) in [5.74, 6) is 1.18. The Balaban J connectivity index is 1.42. The Labute approximate surface area is 204 Å². The smallest absolute Gasteiger partial charge is 0.306 e. The molecule has 2 atom stereocenters. The average molecular weight is 484 g/mol. The van der Waals surface area contributed by atoms with Crippen molar-refractivity contribution in [2.45, 2.75) is 71.9 Å². The largest absolute Gasteiger partial charge is 0.489 e. The molecule has 0 radical (unpaired) electrons. The third kappa shape index (κ3) is 6.14. The van der Waals surface area contributed by atoms with Gasteiger partial charge >= 0.3 is 5.97 Å². The van der Waals surface area contributed by atoms with Gasteiger partial charge in [-0.1, -0.05) is 19.1 Å². The zero-order chi connectivity index (χ0) is 24.9. The summed E-state index contributed by atoms with van der Waals surface area (Å²) in [5.41, 5.74) is 2.88.